The van der Waals surface area contributed by atoms with Gasteiger partial charge in [0.25, 0.3) is 5.69 Å². The maximum Gasteiger partial charge on any atom is 0.273 e. The van der Waals surface area contributed by atoms with E-state index in [0.29, 0.717) is 11.1 Å². The molecule has 13 heavy (non-hydrogen) atoms. The fraction of sp³-hybridized carbons (Fsp3) is 0.222. The first kappa shape index (κ1) is 9.20. The topological polar surface area (TPSA) is 66.9 Å². The minimum atomic E-state index is -0.469. The Morgan fingerprint density at radius 2 is 2.08 bits per heavy atom. The van der Waals surface area contributed by atoms with Crippen molar-refractivity contribution in [1.29, 1.82) is 5.26 Å². The lowest BCUT2D eigenvalue weighted by atomic mass is 10.0. The minimum Gasteiger partial charge on any atom is -0.258 e. The van der Waals surface area contributed by atoms with E-state index in [1.807, 2.05) is 6.07 Å². The van der Waals surface area contributed by atoms with Gasteiger partial charge in [0.2, 0.25) is 0 Å². The van der Waals surface area contributed by atoms with E-state index in [1.54, 1.807) is 19.9 Å². The number of aryl methyl sites for hydroxylation is 1. The van der Waals surface area contributed by atoms with Crippen molar-refractivity contribution in [3.8, 4) is 6.07 Å². The van der Waals surface area contributed by atoms with Gasteiger partial charge in [-0.1, -0.05) is 0 Å². The third-order valence-electron chi connectivity index (χ3n) is 1.97. The number of hydrogen-bond acceptors (Lipinski definition) is 3. The molecule has 0 saturated heterocycles. The Labute approximate surface area is 75.6 Å². The summed E-state index contributed by atoms with van der Waals surface area (Å²) in [5.74, 6) is 0. The van der Waals surface area contributed by atoms with Gasteiger partial charge in [-0.3, -0.25) is 10.1 Å². The number of nitriles is 1. The highest BCUT2D eigenvalue weighted by atomic mass is 16.6. The summed E-state index contributed by atoms with van der Waals surface area (Å²) in [6.07, 6.45) is 0. The summed E-state index contributed by atoms with van der Waals surface area (Å²) in [4.78, 5) is 10.1. The molecule has 1 aromatic rings. The molecule has 0 atom stereocenters. The molecule has 1 aromatic carbocycles. The number of rotatable bonds is 1. The first-order valence-corrected chi connectivity index (χ1v) is 3.72. The zero-order chi connectivity index (χ0) is 10.0. The van der Waals surface area contributed by atoms with E-state index in [1.165, 1.54) is 6.07 Å². The molecule has 0 aliphatic heterocycles. The van der Waals surface area contributed by atoms with E-state index >= 15 is 0 Å². The molecule has 0 aromatic heterocycles. The van der Waals surface area contributed by atoms with Crippen molar-refractivity contribution >= 4 is 5.69 Å². The van der Waals surface area contributed by atoms with Crippen molar-refractivity contribution in [2.24, 2.45) is 0 Å². The molecule has 0 saturated carbocycles. The smallest absolute Gasteiger partial charge is 0.258 e. The maximum atomic E-state index is 10.5. The van der Waals surface area contributed by atoms with Crippen molar-refractivity contribution < 1.29 is 4.92 Å². The Kier molecular flexibility index (Phi) is 2.29. The molecule has 0 radical (unpaired) electrons. The average Bonchev–Trinajstić information content (AvgIpc) is 2.09. The molecule has 0 amide bonds. The fourth-order valence-corrected chi connectivity index (χ4v) is 1.09. The van der Waals surface area contributed by atoms with Crippen LogP contribution in [-0.4, -0.2) is 4.92 Å². The molecule has 0 bridgehead atoms. The Bertz CT molecular complexity index is 405. The molecular weight excluding hydrogens is 168 g/mol. The van der Waals surface area contributed by atoms with Crippen LogP contribution in [0.4, 0.5) is 5.69 Å². The number of hydrogen-bond donors (Lipinski definition) is 0. The van der Waals surface area contributed by atoms with Crippen molar-refractivity contribution in [2.45, 2.75) is 13.8 Å². The summed E-state index contributed by atoms with van der Waals surface area (Å²) in [6.45, 7) is 3.43. The molecule has 1 rings (SSSR count). The van der Waals surface area contributed by atoms with Gasteiger partial charge in [0, 0.05) is 11.6 Å². The predicted octanol–water partition coefficient (Wildman–Crippen LogP) is 2.08. The van der Waals surface area contributed by atoms with Crippen molar-refractivity contribution in [2.75, 3.05) is 0 Å². The van der Waals surface area contributed by atoms with Crippen LogP contribution in [0.5, 0.6) is 0 Å². The zero-order valence-corrected chi connectivity index (χ0v) is 7.37. The number of nitro groups is 1. The van der Waals surface area contributed by atoms with E-state index in [4.69, 9.17) is 5.26 Å². The molecule has 0 heterocycles. The average molecular weight is 176 g/mol. The summed E-state index contributed by atoms with van der Waals surface area (Å²) >= 11 is 0. The van der Waals surface area contributed by atoms with E-state index in [9.17, 15) is 10.1 Å². The second-order valence-electron chi connectivity index (χ2n) is 2.81. The molecule has 0 unspecified atom stereocenters. The SMILES string of the molecule is Cc1cc(C#N)cc([N+](=O)[O-])c1C. The number of benzene rings is 1. The van der Waals surface area contributed by atoms with E-state index in [-0.39, 0.29) is 5.69 Å². The zero-order valence-electron chi connectivity index (χ0n) is 7.37. The third kappa shape index (κ3) is 1.64. The number of nitro benzene ring substituents is 1. The Morgan fingerprint density at radius 1 is 1.46 bits per heavy atom. The molecule has 0 aliphatic rings. The highest BCUT2D eigenvalue weighted by molar-refractivity contribution is 5.50. The first-order chi connectivity index (χ1) is 6.06. The van der Waals surface area contributed by atoms with Crippen LogP contribution in [0, 0.1) is 35.3 Å². The van der Waals surface area contributed by atoms with Gasteiger partial charge < -0.3 is 0 Å². The highest BCUT2D eigenvalue weighted by Crippen LogP contribution is 2.22. The van der Waals surface area contributed by atoms with Crippen LogP contribution in [0.1, 0.15) is 16.7 Å². The second-order valence-corrected chi connectivity index (χ2v) is 2.81. The van der Waals surface area contributed by atoms with Crippen molar-refractivity contribution in [3.63, 3.8) is 0 Å². The van der Waals surface area contributed by atoms with Gasteiger partial charge in [-0.05, 0) is 25.5 Å². The van der Waals surface area contributed by atoms with Crippen molar-refractivity contribution in [1.82, 2.24) is 0 Å². The van der Waals surface area contributed by atoms with E-state index in [2.05, 4.69) is 0 Å². The minimum absolute atomic E-state index is 0.0107. The summed E-state index contributed by atoms with van der Waals surface area (Å²) in [5, 5.41) is 19.1. The quantitative estimate of drug-likeness (QED) is 0.486. The van der Waals surface area contributed by atoms with Gasteiger partial charge in [0.1, 0.15) is 0 Å². The van der Waals surface area contributed by atoms with E-state index < -0.39 is 4.92 Å². The lowest BCUT2D eigenvalue weighted by Gasteiger charge is -2.01. The van der Waals surface area contributed by atoms with E-state index in [0.717, 1.165) is 5.56 Å². The first-order valence-electron chi connectivity index (χ1n) is 3.72. The van der Waals surface area contributed by atoms with Crippen LogP contribution in [-0.2, 0) is 0 Å². The summed E-state index contributed by atoms with van der Waals surface area (Å²) in [5.41, 5.74) is 1.72. The lowest BCUT2D eigenvalue weighted by molar-refractivity contribution is -0.385. The molecule has 0 fully saturated rings. The maximum absolute atomic E-state index is 10.5. The molecule has 0 spiro atoms. The van der Waals surface area contributed by atoms with Gasteiger partial charge in [-0.15, -0.1) is 0 Å². The lowest BCUT2D eigenvalue weighted by Crippen LogP contribution is -1.95. The molecule has 4 heteroatoms. The highest BCUT2D eigenvalue weighted by Gasteiger charge is 2.13. The van der Waals surface area contributed by atoms with Gasteiger partial charge >= 0.3 is 0 Å². The van der Waals surface area contributed by atoms with Gasteiger partial charge in [-0.25, -0.2) is 0 Å². The Balaban J connectivity index is 3.44. The fourth-order valence-electron chi connectivity index (χ4n) is 1.09. The number of nitrogens with zero attached hydrogens (tertiary/aromatic N) is 2. The largest absolute Gasteiger partial charge is 0.273 e. The standard InChI is InChI=1S/C9H8N2O2/c1-6-3-8(5-10)4-9(7(6)2)11(12)13/h3-4H,1-2H3. The second kappa shape index (κ2) is 3.23. The normalized spacial score (nSPS) is 9.31. The van der Waals surface area contributed by atoms with Gasteiger partial charge in [0.15, 0.2) is 0 Å². The third-order valence-corrected chi connectivity index (χ3v) is 1.97. The van der Waals surface area contributed by atoms with Crippen molar-refractivity contribution in [3.05, 3.63) is 38.9 Å². The Morgan fingerprint density at radius 3 is 2.54 bits per heavy atom. The van der Waals surface area contributed by atoms with Gasteiger partial charge in [-0.2, -0.15) is 5.26 Å². The molecule has 66 valence electrons. The van der Waals surface area contributed by atoms with Crippen LogP contribution < -0.4 is 0 Å². The van der Waals surface area contributed by atoms with Gasteiger partial charge in [0.05, 0.1) is 16.6 Å². The summed E-state index contributed by atoms with van der Waals surface area (Å²) in [6, 6.07) is 4.82. The molecular formula is C9H8N2O2. The van der Waals surface area contributed by atoms with Crippen LogP contribution in [0.15, 0.2) is 12.1 Å². The Hall–Kier alpha value is -1.89. The monoisotopic (exact) mass is 176 g/mol. The van der Waals surface area contributed by atoms with Crippen LogP contribution in [0.25, 0.3) is 0 Å². The van der Waals surface area contributed by atoms with Crippen LogP contribution in [0.3, 0.4) is 0 Å². The molecule has 4 nitrogen and oxygen atoms in total. The predicted molar refractivity (Wildman–Crippen MR) is 47.3 cm³/mol. The van der Waals surface area contributed by atoms with Crippen LogP contribution >= 0.6 is 0 Å². The molecule has 0 N–H and O–H groups in total. The van der Waals surface area contributed by atoms with Crippen LogP contribution in [0.2, 0.25) is 0 Å². The summed E-state index contributed by atoms with van der Waals surface area (Å²) in [7, 11) is 0. The molecule has 0 aliphatic carbocycles. The summed E-state index contributed by atoms with van der Waals surface area (Å²) < 4.78 is 0.